The summed E-state index contributed by atoms with van der Waals surface area (Å²) in [6.45, 7) is 2.00. The zero-order chi connectivity index (χ0) is 21.6. The van der Waals surface area contributed by atoms with Gasteiger partial charge in [-0.05, 0) is 69.2 Å². The predicted molar refractivity (Wildman–Crippen MR) is 126 cm³/mol. The molecule has 7 nitrogen and oxygen atoms in total. The Morgan fingerprint density at radius 2 is 1.84 bits per heavy atom. The second kappa shape index (κ2) is 11.3. The van der Waals surface area contributed by atoms with Gasteiger partial charge in [-0.3, -0.25) is 4.79 Å². The van der Waals surface area contributed by atoms with Crippen molar-refractivity contribution < 1.29 is 9.53 Å². The van der Waals surface area contributed by atoms with Crippen molar-refractivity contribution in [1.82, 2.24) is 15.5 Å². The number of carbonyl (C=O) groups excluding carboxylic acids is 1. The SMILES string of the molecule is Cl.N#Cc1ccc(OC2CCC(NC(=O)c3ccc(N4CCCCC4)nn3)CC2)cc1Cl. The third-order valence-corrected chi connectivity index (χ3v) is 6.25. The number of ether oxygens (including phenoxy) is 1. The predicted octanol–water partition coefficient (Wildman–Crippen LogP) is 4.53. The average Bonchev–Trinajstić information content (AvgIpc) is 2.81. The van der Waals surface area contributed by atoms with Crippen LogP contribution in [0.2, 0.25) is 5.02 Å². The van der Waals surface area contributed by atoms with Crippen LogP contribution in [0.5, 0.6) is 5.75 Å². The van der Waals surface area contributed by atoms with E-state index in [1.165, 1.54) is 19.3 Å². The van der Waals surface area contributed by atoms with E-state index < -0.39 is 0 Å². The van der Waals surface area contributed by atoms with E-state index in [1.807, 2.05) is 12.1 Å². The Bertz CT molecular complexity index is 950. The van der Waals surface area contributed by atoms with Crippen LogP contribution >= 0.6 is 24.0 Å². The number of rotatable bonds is 5. The maximum absolute atomic E-state index is 12.6. The lowest BCUT2D eigenvalue weighted by molar-refractivity contribution is 0.0888. The van der Waals surface area contributed by atoms with Crippen molar-refractivity contribution >= 4 is 35.7 Å². The molecule has 1 N–H and O–H groups in total. The number of aromatic nitrogens is 2. The molecule has 9 heteroatoms. The Hall–Kier alpha value is -2.56. The topological polar surface area (TPSA) is 91.1 Å². The van der Waals surface area contributed by atoms with Gasteiger partial charge in [0.25, 0.3) is 5.91 Å². The summed E-state index contributed by atoms with van der Waals surface area (Å²) in [6, 6.07) is 10.9. The molecule has 1 aromatic carbocycles. The van der Waals surface area contributed by atoms with Crippen LogP contribution in [-0.4, -0.2) is 41.3 Å². The molecule has 1 aromatic heterocycles. The second-order valence-corrected chi connectivity index (χ2v) is 8.55. The quantitative estimate of drug-likeness (QED) is 0.682. The van der Waals surface area contributed by atoms with Crippen molar-refractivity contribution in [2.45, 2.75) is 57.1 Å². The second-order valence-electron chi connectivity index (χ2n) is 8.14. The van der Waals surface area contributed by atoms with Crippen LogP contribution in [0.3, 0.4) is 0 Å². The van der Waals surface area contributed by atoms with Crippen LogP contribution in [0.25, 0.3) is 0 Å². The molecule has 0 bridgehead atoms. The Labute approximate surface area is 199 Å². The van der Waals surface area contributed by atoms with Crippen molar-refractivity contribution in [1.29, 1.82) is 5.26 Å². The molecule has 2 aliphatic rings. The molecule has 1 aliphatic heterocycles. The van der Waals surface area contributed by atoms with Crippen LogP contribution in [0.1, 0.15) is 61.0 Å². The molecule has 0 radical (unpaired) electrons. The summed E-state index contributed by atoms with van der Waals surface area (Å²) in [4.78, 5) is 14.8. The van der Waals surface area contributed by atoms with Crippen molar-refractivity contribution in [3.05, 3.63) is 46.6 Å². The molecule has 2 aromatic rings. The minimum Gasteiger partial charge on any atom is -0.490 e. The van der Waals surface area contributed by atoms with Gasteiger partial charge in [0.15, 0.2) is 11.5 Å². The average molecular weight is 476 g/mol. The van der Waals surface area contributed by atoms with E-state index in [4.69, 9.17) is 21.6 Å². The monoisotopic (exact) mass is 475 g/mol. The first kappa shape index (κ1) is 24.1. The fourth-order valence-corrected chi connectivity index (χ4v) is 4.39. The molecule has 32 heavy (non-hydrogen) atoms. The van der Waals surface area contributed by atoms with E-state index in [9.17, 15) is 4.79 Å². The van der Waals surface area contributed by atoms with Crippen LogP contribution in [-0.2, 0) is 0 Å². The minimum atomic E-state index is -0.180. The Morgan fingerprint density at radius 1 is 1.09 bits per heavy atom. The van der Waals surface area contributed by atoms with Crippen molar-refractivity contribution in [2.75, 3.05) is 18.0 Å². The van der Waals surface area contributed by atoms with E-state index >= 15 is 0 Å². The molecule has 1 saturated carbocycles. The number of carbonyl (C=O) groups is 1. The summed E-state index contributed by atoms with van der Waals surface area (Å²) in [5.41, 5.74) is 0.791. The van der Waals surface area contributed by atoms with Gasteiger partial charge < -0.3 is 15.0 Å². The van der Waals surface area contributed by atoms with E-state index in [0.717, 1.165) is 44.6 Å². The highest BCUT2D eigenvalue weighted by Gasteiger charge is 2.25. The smallest absolute Gasteiger partial charge is 0.272 e. The highest BCUT2D eigenvalue weighted by Crippen LogP contribution is 2.27. The molecule has 0 atom stereocenters. The number of nitrogens with one attached hydrogen (secondary N) is 1. The number of anilines is 1. The third-order valence-electron chi connectivity index (χ3n) is 5.94. The number of nitriles is 1. The van der Waals surface area contributed by atoms with Gasteiger partial charge in [-0.2, -0.15) is 5.26 Å². The highest BCUT2D eigenvalue weighted by molar-refractivity contribution is 6.31. The minimum absolute atomic E-state index is 0. The fraction of sp³-hybridized carbons (Fsp3) is 0.478. The zero-order valence-corrected chi connectivity index (χ0v) is 19.4. The number of benzene rings is 1. The van der Waals surface area contributed by atoms with Crippen molar-refractivity contribution in [2.24, 2.45) is 0 Å². The van der Waals surface area contributed by atoms with Gasteiger partial charge in [-0.1, -0.05) is 11.6 Å². The van der Waals surface area contributed by atoms with E-state index in [0.29, 0.717) is 22.0 Å². The lowest BCUT2D eigenvalue weighted by Crippen LogP contribution is -2.40. The van der Waals surface area contributed by atoms with E-state index in [2.05, 4.69) is 20.4 Å². The fourth-order valence-electron chi connectivity index (χ4n) is 4.17. The summed E-state index contributed by atoms with van der Waals surface area (Å²) < 4.78 is 6.01. The summed E-state index contributed by atoms with van der Waals surface area (Å²) >= 11 is 6.08. The molecular weight excluding hydrogens is 449 g/mol. The van der Waals surface area contributed by atoms with Gasteiger partial charge in [0.05, 0.1) is 16.7 Å². The summed E-state index contributed by atoms with van der Waals surface area (Å²) in [6.07, 6.45) is 7.02. The lowest BCUT2D eigenvalue weighted by atomic mass is 9.93. The van der Waals surface area contributed by atoms with Gasteiger partial charge in [-0.15, -0.1) is 22.6 Å². The Morgan fingerprint density at radius 3 is 2.47 bits per heavy atom. The van der Waals surface area contributed by atoms with Crippen LogP contribution in [0.4, 0.5) is 5.82 Å². The summed E-state index contributed by atoms with van der Waals surface area (Å²) in [5.74, 6) is 1.33. The molecule has 0 unspecified atom stereocenters. The van der Waals surface area contributed by atoms with Crippen molar-refractivity contribution in [3.8, 4) is 11.8 Å². The lowest BCUT2D eigenvalue weighted by Gasteiger charge is -2.29. The maximum atomic E-state index is 12.6. The zero-order valence-electron chi connectivity index (χ0n) is 17.8. The highest BCUT2D eigenvalue weighted by atomic mass is 35.5. The van der Waals surface area contributed by atoms with Gasteiger partial charge in [-0.25, -0.2) is 0 Å². The largest absolute Gasteiger partial charge is 0.490 e. The number of nitrogens with zero attached hydrogens (tertiary/aromatic N) is 4. The molecule has 4 rings (SSSR count). The standard InChI is InChI=1S/C23H26ClN5O2.ClH/c24-20-14-19(7-4-16(20)15-25)31-18-8-5-17(6-9-18)26-23(30)21-10-11-22(28-27-21)29-12-2-1-3-13-29;/h4,7,10-11,14,17-18H,1-3,5-6,8-9,12-13H2,(H,26,30);1H. The molecule has 2 fully saturated rings. The first-order valence-corrected chi connectivity index (χ1v) is 11.3. The van der Waals surface area contributed by atoms with E-state index in [-0.39, 0.29) is 30.5 Å². The van der Waals surface area contributed by atoms with Gasteiger partial charge in [0.2, 0.25) is 0 Å². The molecule has 1 saturated heterocycles. The van der Waals surface area contributed by atoms with Gasteiger partial charge in [0, 0.05) is 25.2 Å². The molecule has 170 valence electrons. The van der Waals surface area contributed by atoms with Gasteiger partial charge >= 0.3 is 0 Å². The number of hydrogen-bond donors (Lipinski definition) is 1. The van der Waals surface area contributed by atoms with E-state index in [1.54, 1.807) is 24.3 Å². The van der Waals surface area contributed by atoms with Crippen molar-refractivity contribution in [3.63, 3.8) is 0 Å². The number of amides is 1. The van der Waals surface area contributed by atoms with Crippen LogP contribution in [0.15, 0.2) is 30.3 Å². The number of piperidine rings is 1. The maximum Gasteiger partial charge on any atom is 0.272 e. The Balaban J connectivity index is 0.00000289. The molecular formula is C23H27Cl2N5O2. The Kier molecular flexibility index (Phi) is 8.54. The number of halogens is 2. The van der Waals surface area contributed by atoms with Crippen LogP contribution < -0.4 is 15.0 Å². The first-order chi connectivity index (χ1) is 15.1. The summed E-state index contributed by atoms with van der Waals surface area (Å²) in [5, 5.41) is 20.8. The molecule has 2 heterocycles. The third kappa shape index (κ3) is 6.02. The molecule has 0 spiro atoms. The normalized spacial score (nSPS) is 20.6. The summed E-state index contributed by atoms with van der Waals surface area (Å²) in [7, 11) is 0. The van der Waals surface area contributed by atoms with Crippen LogP contribution in [0, 0.1) is 11.3 Å². The molecule has 1 aliphatic carbocycles. The first-order valence-electron chi connectivity index (χ1n) is 10.9. The van der Waals surface area contributed by atoms with Gasteiger partial charge in [0.1, 0.15) is 11.8 Å². The molecule has 1 amide bonds. The number of hydrogen-bond acceptors (Lipinski definition) is 6.